The lowest BCUT2D eigenvalue weighted by Gasteiger charge is -2.10. The molecule has 3 heteroatoms. The lowest BCUT2D eigenvalue weighted by atomic mass is 10.0. The summed E-state index contributed by atoms with van der Waals surface area (Å²) in [7, 11) is 0. The van der Waals surface area contributed by atoms with E-state index in [-0.39, 0.29) is 0 Å². The van der Waals surface area contributed by atoms with Gasteiger partial charge in [-0.25, -0.2) is 0 Å². The van der Waals surface area contributed by atoms with Crippen LogP contribution in [0.1, 0.15) is 31.0 Å². The monoisotopic (exact) mass is 341 g/mol. The van der Waals surface area contributed by atoms with E-state index in [2.05, 4.69) is 70.8 Å². The third kappa shape index (κ3) is 2.16. The van der Waals surface area contributed by atoms with Gasteiger partial charge in [0.1, 0.15) is 0 Å². The molecule has 1 heterocycles. The van der Waals surface area contributed by atoms with E-state index in [4.69, 9.17) is 4.98 Å². The van der Waals surface area contributed by atoms with Crippen LogP contribution in [0.15, 0.2) is 27.1 Å². The van der Waals surface area contributed by atoms with Crippen molar-refractivity contribution in [1.82, 2.24) is 4.98 Å². The Morgan fingerprint density at radius 2 is 1.81 bits per heavy atom. The molecular weight excluding hydrogens is 330 g/mol. The molecule has 0 amide bonds. The number of fused-ring (bicyclic) bond motifs is 1. The summed E-state index contributed by atoms with van der Waals surface area (Å²) in [5.74, 6) is 0.459. The molecule has 16 heavy (non-hydrogen) atoms. The van der Waals surface area contributed by atoms with Crippen LogP contribution < -0.4 is 0 Å². The smallest absolute Gasteiger partial charge is 0.0730 e. The van der Waals surface area contributed by atoms with Crippen molar-refractivity contribution in [3.05, 3.63) is 38.4 Å². The second-order valence-electron chi connectivity index (χ2n) is 4.30. The molecule has 0 spiro atoms. The Kier molecular flexibility index (Phi) is 3.36. The van der Waals surface area contributed by atoms with Crippen LogP contribution in [0.3, 0.4) is 0 Å². The van der Waals surface area contributed by atoms with Crippen LogP contribution >= 0.6 is 31.9 Å². The highest BCUT2D eigenvalue weighted by atomic mass is 79.9. The second kappa shape index (κ2) is 4.46. The fourth-order valence-electron chi connectivity index (χ4n) is 1.80. The minimum Gasteiger partial charge on any atom is -0.252 e. The van der Waals surface area contributed by atoms with Gasteiger partial charge in [-0.2, -0.15) is 0 Å². The standard InChI is InChI=1S/C13H13Br2N/c1-7(2)11-4-8(3)13-10(15)5-9(14)6-12(13)16-11/h4-7H,1-3H3. The predicted octanol–water partition coefficient (Wildman–Crippen LogP) is 5.19. The zero-order valence-electron chi connectivity index (χ0n) is 9.51. The van der Waals surface area contributed by atoms with Gasteiger partial charge in [-0.05, 0) is 36.6 Å². The molecule has 0 saturated carbocycles. The van der Waals surface area contributed by atoms with E-state index in [1.165, 1.54) is 10.9 Å². The fraction of sp³-hybridized carbons (Fsp3) is 0.308. The zero-order chi connectivity index (χ0) is 11.9. The number of benzene rings is 1. The van der Waals surface area contributed by atoms with E-state index in [0.29, 0.717) is 5.92 Å². The van der Waals surface area contributed by atoms with Crippen molar-refractivity contribution in [3.8, 4) is 0 Å². The summed E-state index contributed by atoms with van der Waals surface area (Å²) in [5.41, 5.74) is 3.47. The first-order valence-electron chi connectivity index (χ1n) is 5.25. The molecule has 0 aliphatic heterocycles. The van der Waals surface area contributed by atoms with E-state index in [1.807, 2.05) is 0 Å². The Hall–Kier alpha value is -0.410. The first-order chi connectivity index (χ1) is 7.49. The van der Waals surface area contributed by atoms with Gasteiger partial charge in [-0.3, -0.25) is 4.98 Å². The maximum Gasteiger partial charge on any atom is 0.0730 e. The molecule has 0 unspecified atom stereocenters. The summed E-state index contributed by atoms with van der Waals surface area (Å²) in [6.07, 6.45) is 0. The van der Waals surface area contributed by atoms with Crippen LogP contribution in [0.25, 0.3) is 10.9 Å². The summed E-state index contributed by atoms with van der Waals surface area (Å²) < 4.78 is 2.15. The highest BCUT2D eigenvalue weighted by Crippen LogP contribution is 2.31. The van der Waals surface area contributed by atoms with Gasteiger partial charge in [0.05, 0.1) is 5.52 Å². The number of aromatic nitrogens is 1. The van der Waals surface area contributed by atoms with Crippen LogP contribution in [0.4, 0.5) is 0 Å². The molecule has 1 aromatic carbocycles. The number of pyridine rings is 1. The van der Waals surface area contributed by atoms with Crippen molar-refractivity contribution in [2.75, 3.05) is 0 Å². The molecule has 0 aliphatic carbocycles. The molecule has 0 bridgehead atoms. The Labute approximate surface area is 113 Å². The minimum atomic E-state index is 0.459. The van der Waals surface area contributed by atoms with Crippen LogP contribution in [0.2, 0.25) is 0 Å². The summed E-state index contributed by atoms with van der Waals surface area (Å²) in [6, 6.07) is 6.30. The Bertz CT molecular complexity index is 547. The summed E-state index contributed by atoms with van der Waals surface area (Å²) in [6.45, 7) is 6.47. The van der Waals surface area contributed by atoms with Crippen LogP contribution in [-0.4, -0.2) is 4.98 Å². The molecule has 0 saturated heterocycles. The SMILES string of the molecule is Cc1cc(C(C)C)nc2cc(Br)cc(Br)c12. The van der Waals surface area contributed by atoms with Gasteiger partial charge in [-0.1, -0.05) is 45.7 Å². The van der Waals surface area contributed by atoms with Crippen LogP contribution in [-0.2, 0) is 0 Å². The van der Waals surface area contributed by atoms with Gasteiger partial charge in [0, 0.05) is 20.0 Å². The van der Waals surface area contributed by atoms with E-state index >= 15 is 0 Å². The third-order valence-electron chi connectivity index (χ3n) is 2.63. The molecule has 0 radical (unpaired) electrons. The molecule has 2 aromatic rings. The average molecular weight is 343 g/mol. The molecule has 0 aliphatic rings. The van der Waals surface area contributed by atoms with Gasteiger partial charge in [0.25, 0.3) is 0 Å². The fourth-order valence-corrected chi connectivity index (χ4v) is 3.32. The van der Waals surface area contributed by atoms with E-state index in [1.54, 1.807) is 0 Å². The first-order valence-corrected chi connectivity index (χ1v) is 6.84. The molecule has 1 aromatic heterocycles. The molecule has 2 rings (SSSR count). The number of hydrogen-bond acceptors (Lipinski definition) is 1. The molecule has 0 fully saturated rings. The van der Waals surface area contributed by atoms with Crippen molar-refractivity contribution in [1.29, 1.82) is 0 Å². The van der Waals surface area contributed by atoms with E-state index < -0.39 is 0 Å². The van der Waals surface area contributed by atoms with Crippen molar-refractivity contribution in [2.45, 2.75) is 26.7 Å². The van der Waals surface area contributed by atoms with Crippen molar-refractivity contribution in [2.24, 2.45) is 0 Å². The maximum absolute atomic E-state index is 4.70. The van der Waals surface area contributed by atoms with Gasteiger partial charge >= 0.3 is 0 Å². The van der Waals surface area contributed by atoms with Gasteiger partial charge in [0.2, 0.25) is 0 Å². The molecule has 0 N–H and O–H groups in total. The Morgan fingerprint density at radius 1 is 1.12 bits per heavy atom. The predicted molar refractivity (Wildman–Crippen MR) is 76.0 cm³/mol. The quantitative estimate of drug-likeness (QED) is 0.694. The van der Waals surface area contributed by atoms with Crippen LogP contribution in [0.5, 0.6) is 0 Å². The van der Waals surface area contributed by atoms with E-state index in [9.17, 15) is 0 Å². The topological polar surface area (TPSA) is 12.9 Å². The number of nitrogens with zero attached hydrogens (tertiary/aromatic N) is 1. The second-order valence-corrected chi connectivity index (χ2v) is 6.07. The lowest BCUT2D eigenvalue weighted by Crippen LogP contribution is -1.95. The van der Waals surface area contributed by atoms with E-state index in [0.717, 1.165) is 20.2 Å². The highest BCUT2D eigenvalue weighted by Gasteiger charge is 2.09. The molecule has 84 valence electrons. The van der Waals surface area contributed by atoms with Crippen molar-refractivity contribution < 1.29 is 0 Å². The Balaban J connectivity index is 2.81. The molecular formula is C13H13Br2N. The third-order valence-corrected chi connectivity index (χ3v) is 3.72. The number of rotatable bonds is 1. The molecule has 0 atom stereocenters. The normalized spacial score (nSPS) is 11.4. The first kappa shape index (κ1) is 12.1. The largest absolute Gasteiger partial charge is 0.252 e. The summed E-state index contributed by atoms with van der Waals surface area (Å²) >= 11 is 7.09. The van der Waals surface area contributed by atoms with Gasteiger partial charge in [-0.15, -0.1) is 0 Å². The van der Waals surface area contributed by atoms with Gasteiger partial charge in [0.15, 0.2) is 0 Å². The minimum absolute atomic E-state index is 0.459. The molecule has 1 nitrogen and oxygen atoms in total. The van der Waals surface area contributed by atoms with Crippen LogP contribution in [0, 0.1) is 6.92 Å². The lowest BCUT2D eigenvalue weighted by molar-refractivity contribution is 0.828. The summed E-state index contributed by atoms with van der Waals surface area (Å²) in [5, 5.41) is 1.20. The number of hydrogen-bond donors (Lipinski definition) is 0. The number of aryl methyl sites for hydroxylation is 1. The highest BCUT2D eigenvalue weighted by molar-refractivity contribution is 9.11. The summed E-state index contributed by atoms with van der Waals surface area (Å²) in [4.78, 5) is 4.70. The van der Waals surface area contributed by atoms with Gasteiger partial charge < -0.3 is 0 Å². The van der Waals surface area contributed by atoms with Crippen molar-refractivity contribution >= 4 is 42.8 Å². The maximum atomic E-state index is 4.70. The Morgan fingerprint density at radius 3 is 2.44 bits per heavy atom. The van der Waals surface area contributed by atoms with Crippen molar-refractivity contribution in [3.63, 3.8) is 0 Å². The number of halogens is 2. The average Bonchev–Trinajstić information content (AvgIpc) is 2.15. The zero-order valence-corrected chi connectivity index (χ0v) is 12.7.